The molecule has 0 spiro atoms. The van der Waals surface area contributed by atoms with E-state index in [4.69, 9.17) is 0 Å². The number of benzene rings is 2. The third-order valence-corrected chi connectivity index (χ3v) is 6.23. The van der Waals surface area contributed by atoms with E-state index in [1.165, 1.54) is 0 Å². The van der Waals surface area contributed by atoms with Gasteiger partial charge >= 0.3 is 0 Å². The van der Waals surface area contributed by atoms with Gasteiger partial charge in [-0.05, 0) is 42.3 Å². The second-order valence-corrected chi connectivity index (χ2v) is 8.72. The minimum atomic E-state index is -1.36. The maximum absolute atomic E-state index is 12.8. The molecule has 0 aliphatic carbocycles. The Hall–Kier alpha value is -3.45. The minimum absolute atomic E-state index is 0.0481. The van der Waals surface area contributed by atoms with Crippen LogP contribution in [0.3, 0.4) is 0 Å². The third kappa shape index (κ3) is 5.00. The van der Waals surface area contributed by atoms with Crippen LogP contribution in [0.2, 0.25) is 0 Å². The van der Waals surface area contributed by atoms with E-state index in [0.717, 1.165) is 28.2 Å². The van der Waals surface area contributed by atoms with Crippen molar-refractivity contribution in [3.63, 3.8) is 0 Å². The molecule has 0 radical (unpaired) electrons. The summed E-state index contributed by atoms with van der Waals surface area (Å²) in [5.41, 5.74) is 3.92. The molecule has 0 aliphatic rings. The van der Waals surface area contributed by atoms with Gasteiger partial charge in [0.2, 0.25) is 5.91 Å². The first-order valence-corrected chi connectivity index (χ1v) is 11.5. The first kappa shape index (κ1) is 20.8. The molecule has 4 aromatic rings. The summed E-state index contributed by atoms with van der Waals surface area (Å²) in [6.45, 7) is 2.44. The van der Waals surface area contributed by atoms with Gasteiger partial charge < -0.3 is 9.88 Å². The van der Waals surface area contributed by atoms with Gasteiger partial charge in [0.05, 0.1) is 17.6 Å². The van der Waals surface area contributed by atoms with Crippen molar-refractivity contribution in [2.75, 3.05) is 5.75 Å². The van der Waals surface area contributed by atoms with Crippen molar-refractivity contribution in [2.45, 2.75) is 19.2 Å². The molecule has 1 N–H and O–H groups in total. The number of nitrogens with one attached hydrogen (secondary N) is 1. The lowest BCUT2D eigenvalue weighted by molar-refractivity contribution is -0.118. The Labute approximate surface area is 184 Å². The van der Waals surface area contributed by atoms with E-state index in [1.54, 1.807) is 6.20 Å². The van der Waals surface area contributed by atoms with Gasteiger partial charge in [0.15, 0.2) is 0 Å². The number of rotatable bonds is 8. The number of nitrogens with zero attached hydrogens (tertiary/aromatic N) is 3. The smallest absolute Gasteiger partial charge is 0.232 e. The predicted molar refractivity (Wildman–Crippen MR) is 123 cm³/mol. The average Bonchev–Trinajstić information content (AvgIpc) is 3.43. The van der Waals surface area contributed by atoms with Crippen LogP contribution in [-0.4, -0.2) is 30.2 Å². The van der Waals surface area contributed by atoms with E-state index < -0.39 is 10.8 Å². The fourth-order valence-electron chi connectivity index (χ4n) is 3.41. The molecule has 0 fully saturated rings. The van der Waals surface area contributed by atoms with E-state index in [-0.39, 0.29) is 17.4 Å². The zero-order valence-corrected chi connectivity index (χ0v) is 18.1. The molecule has 1 atom stereocenters. The van der Waals surface area contributed by atoms with E-state index in [0.29, 0.717) is 6.54 Å². The molecule has 0 saturated heterocycles. The van der Waals surface area contributed by atoms with Crippen LogP contribution in [-0.2, 0) is 27.9 Å². The van der Waals surface area contributed by atoms with Gasteiger partial charge in [-0.2, -0.15) is 5.10 Å². The van der Waals surface area contributed by atoms with E-state index in [9.17, 15) is 9.00 Å². The quantitative estimate of drug-likeness (QED) is 0.463. The molecule has 4 rings (SSSR count). The number of carbonyl (C=O) groups is 1. The Balaban J connectivity index is 1.46. The first-order valence-electron chi connectivity index (χ1n) is 10.0. The zero-order chi connectivity index (χ0) is 21.6. The highest BCUT2D eigenvalue weighted by Crippen LogP contribution is 2.21. The van der Waals surface area contributed by atoms with Crippen molar-refractivity contribution in [2.24, 2.45) is 0 Å². The van der Waals surface area contributed by atoms with Crippen molar-refractivity contribution < 1.29 is 9.00 Å². The zero-order valence-electron chi connectivity index (χ0n) is 17.3. The molecule has 7 heteroatoms. The average molecular weight is 433 g/mol. The molecule has 0 bridgehead atoms. The molecule has 0 aliphatic heterocycles. The normalized spacial score (nSPS) is 11.9. The van der Waals surface area contributed by atoms with Crippen molar-refractivity contribution in [3.8, 4) is 11.5 Å². The third-order valence-electron chi connectivity index (χ3n) is 5.01. The molecule has 2 aromatic carbocycles. The summed E-state index contributed by atoms with van der Waals surface area (Å²) in [6.07, 6.45) is 5.58. The van der Waals surface area contributed by atoms with Gasteiger partial charge in [0, 0.05) is 35.3 Å². The van der Waals surface area contributed by atoms with Crippen LogP contribution >= 0.6 is 0 Å². The number of carbonyl (C=O) groups excluding carboxylic acids is 1. The van der Waals surface area contributed by atoms with Crippen LogP contribution in [0.1, 0.15) is 16.7 Å². The Morgan fingerprint density at radius 2 is 1.68 bits per heavy atom. The van der Waals surface area contributed by atoms with Crippen LogP contribution in [0.15, 0.2) is 85.3 Å². The topological polar surface area (TPSA) is 68.9 Å². The maximum Gasteiger partial charge on any atom is 0.232 e. The second-order valence-electron chi connectivity index (χ2n) is 7.26. The van der Waals surface area contributed by atoms with E-state index in [1.807, 2.05) is 95.3 Å². The highest BCUT2D eigenvalue weighted by molar-refractivity contribution is 7.84. The highest BCUT2D eigenvalue weighted by atomic mass is 32.2. The largest absolute Gasteiger partial charge is 0.351 e. The van der Waals surface area contributed by atoms with Crippen LogP contribution in [0.25, 0.3) is 11.5 Å². The molecule has 6 nitrogen and oxygen atoms in total. The molecule has 0 unspecified atom stereocenters. The molecule has 2 heterocycles. The summed E-state index contributed by atoms with van der Waals surface area (Å²) in [5.74, 6) is 0.801. The maximum atomic E-state index is 12.8. The molecular weight excluding hydrogens is 408 g/mol. The molecule has 31 heavy (non-hydrogen) atoms. The molecule has 1 amide bonds. The lowest BCUT2D eigenvalue weighted by Gasteiger charge is -2.11. The summed E-state index contributed by atoms with van der Waals surface area (Å²) < 4.78 is 16.5. The van der Waals surface area contributed by atoms with Crippen molar-refractivity contribution in [1.29, 1.82) is 0 Å². The number of hydrogen-bond donors (Lipinski definition) is 1. The van der Waals surface area contributed by atoms with Crippen LogP contribution in [0, 0.1) is 6.92 Å². The standard InChI is InChI=1S/C24H24N4O2S/c1-19-9-5-6-10-20(19)15-25-23(29)18-31(30)17-21-16-26-28(22-11-3-2-4-12-22)24(21)27-13-7-8-14-27/h2-14,16H,15,17-18H2,1H3,(H,25,29)/t31-/m1/s1. The Morgan fingerprint density at radius 1 is 0.968 bits per heavy atom. The summed E-state index contributed by atoms with van der Waals surface area (Å²) >= 11 is 0. The fraction of sp³-hybridized carbons (Fsp3) is 0.167. The SMILES string of the molecule is Cc1ccccc1CNC(=O)C[S@](=O)Cc1cnn(-c2ccccc2)c1-n1cccc1. The number of hydrogen-bond acceptors (Lipinski definition) is 3. The lowest BCUT2D eigenvalue weighted by atomic mass is 10.1. The summed E-state index contributed by atoms with van der Waals surface area (Å²) in [4.78, 5) is 12.3. The van der Waals surface area contributed by atoms with Crippen LogP contribution < -0.4 is 5.32 Å². The van der Waals surface area contributed by atoms with Gasteiger partial charge in [0.25, 0.3) is 0 Å². The van der Waals surface area contributed by atoms with E-state index in [2.05, 4.69) is 10.4 Å². The highest BCUT2D eigenvalue weighted by Gasteiger charge is 2.17. The summed E-state index contributed by atoms with van der Waals surface area (Å²) in [5, 5.41) is 7.39. The van der Waals surface area contributed by atoms with Crippen molar-refractivity contribution >= 4 is 16.7 Å². The van der Waals surface area contributed by atoms with E-state index >= 15 is 0 Å². The summed E-state index contributed by atoms with van der Waals surface area (Å²) in [6, 6.07) is 21.6. The Morgan fingerprint density at radius 3 is 2.42 bits per heavy atom. The van der Waals surface area contributed by atoms with Gasteiger partial charge in [-0.3, -0.25) is 9.00 Å². The predicted octanol–water partition coefficient (Wildman–Crippen LogP) is 3.54. The fourth-order valence-corrected chi connectivity index (χ4v) is 4.46. The van der Waals surface area contributed by atoms with Gasteiger partial charge in [-0.25, -0.2) is 4.68 Å². The summed E-state index contributed by atoms with van der Waals surface area (Å²) in [7, 11) is -1.36. The first-order chi connectivity index (χ1) is 15.1. The van der Waals surface area contributed by atoms with Gasteiger partial charge in [0.1, 0.15) is 11.6 Å². The van der Waals surface area contributed by atoms with Gasteiger partial charge in [-0.1, -0.05) is 42.5 Å². The minimum Gasteiger partial charge on any atom is -0.351 e. The van der Waals surface area contributed by atoms with Crippen molar-refractivity contribution in [3.05, 3.63) is 102 Å². The monoisotopic (exact) mass is 432 g/mol. The molecule has 0 saturated carbocycles. The number of para-hydroxylation sites is 1. The van der Waals surface area contributed by atoms with Gasteiger partial charge in [-0.15, -0.1) is 0 Å². The Bertz CT molecular complexity index is 1180. The second kappa shape index (κ2) is 9.57. The number of aryl methyl sites for hydroxylation is 1. The molecular formula is C24H24N4O2S. The number of amides is 1. The number of aromatic nitrogens is 3. The molecule has 158 valence electrons. The van der Waals surface area contributed by atoms with Crippen LogP contribution in [0.4, 0.5) is 0 Å². The molecule has 2 aromatic heterocycles. The van der Waals surface area contributed by atoms with Crippen LogP contribution in [0.5, 0.6) is 0 Å². The Kier molecular flexibility index (Phi) is 6.43. The van der Waals surface area contributed by atoms with Crippen molar-refractivity contribution in [1.82, 2.24) is 19.7 Å². The lowest BCUT2D eigenvalue weighted by Crippen LogP contribution is -2.28.